The largest absolute Gasteiger partial charge is 0.477 e. The number of anilines is 3. The van der Waals surface area contributed by atoms with Gasteiger partial charge in [0.1, 0.15) is 16.6 Å². The summed E-state index contributed by atoms with van der Waals surface area (Å²) in [5.74, 6) is -1.23. The summed E-state index contributed by atoms with van der Waals surface area (Å²) in [6, 6.07) is 33.9. The highest BCUT2D eigenvalue weighted by Gasteiger charge is 2.14. The summed E-state index contributed by atoms with van der Waals surface area (Å²) in [6.45, 7) is 0. The first-order valence-electron chi connectivity index (χ1n) is 9.61. The van der Waals surface area contributed by atoms with Crippen LogP contribution in [0.3, 0.4) is 0 Å². The minimum absolute atomic E-state index is 0.285. The van der Waals surface area contributed by atoms with Crippen molar-refractivity contribution in [2.75, 3.05) is 4.90 Å². The number of hydrogen-bond acceptors (Lipinski definition) is 4. The Morgan fingerprint density at radius 3 is 1.94 bits per heavy atom. The van der Waals surface area contributed by atoms with Gasteiger partial charge in [-0.1, -0.05) is 60.7 Å². The molecule has 4 aromatic rings. The average molecular weight is 423 g/mol. The van der Waals surface area contributed by atoms with Crippen molar-refractivity contribution in [3.63, 3.8) is 0 Å². The number of carboxylic acids is 1. The zero-order valence-corrected chi connectivity index (χ0v) is 17.3. The molecule has 0 aliphatic heterocycles. The predicted octanol–water partition coefficient (Wildman–Crippen LogP) is 6.88. The number of para-hydroxylation sites is 2. The van der Waals surface area contributed by atoms with Crippen molar-refractivity contribution in [1.29, 1.82) is 5.26 Å². The van der Waals surface area contributed by atoms with E-state index in [1.165, 1.54) is 6.08 Å². The molecular weight excluding hydrogens is 404 g/mol. The van der Waals surface area contributed by atoms with Crippen molar-refractivity contribution >= 4 is 39.8 Å². The standard InChI is InChI=1S/C26H18N2O2S/c27-18-21(26(29)30)17-19-11-13-20(14-12-19)24-15-16-25(31-24)28(22-7-3-1-4-8-22)23-9-5-2-6-10-23/h1-17H,(H,29,30)/b21-17-. The lowest BCUT2D eigenvalue weighted by Crippen LogP contribution is -2.07. The number of carbonyl (C=O) groups is 1. The van der Waals surface area contributed by atoms with Gasteiger partial charge >= 0.3 is 5.97 Å². The predicted molar refractivity (Wildman–Crippen MR) is 126 cm³/mol. The lowest BCUT2D eigenvalue weighted by molar-refractivity contribution is -0.132. The zero-order chi connectivity index (χ0) is 21.6. The van der Waals surface area contributed by atoms with Crippen LogP contribution in [0.15, 0.2) is 103 Å². The van der Waals surface area contributed by atoms with Gasteiger partial charge in [-0.25, -0.2) is 4.79 Å². The Hall–Kier alpha value is -4.14. The van der Waals surface area contributed by atoms with Gasteiger partial charge in [-0.3, -0.25) is 0 Å². The molecule has 5 heteroatoms. The van der Waals surface area contributed by atoms with Gasteiger partial charge in [0.05, 0.1) is 0 Å². The number of rotatable bonds is 6. The summed E-state index contributed by atoms with van der Waals surface area (Å²) in [4.78, 5) is 14.3. The first kappa shape index (κ1) is 20.1. The summed E-state index contributed by atoms with van der Waals surface area (Å²) < 4.78 is 0. The van der Waals surface area contributed by atoms with Crippen molar-refractivity contribution in [3.05, 3.63) is 108 Å². The Balaban J connectivity index is 1.67. The van der Waals surface area contributed by atoms with Crippen molar-refractivity contribution < 1.29 is 9.90 Å². The van der Waals surface area contributed by atoms with Crippen LogP contribution in [0.1, 0.15) is 5.56 Å². The minimum Gasteiger partial charge on any atom is -0.477 e. The van der Waals surface area contributed by atoms with E-state index in [2.05, 4.69) is 41.3 Å². The number of carboxylic acid groups (broad SMARTS) is 1. The summed E-state index contributed by atoms with van der Waals surface area (Å²) in [5, 5.41) is 19.0. The van der Waals surface area contributed by atoms with Crippen LogP contribution in [0.2, 0.25) is 0 Å². The molecule has 0 atom stereocenters. The molecule has 31 heavy (non-hydrogen) atoms. The highest BCUT2D eigenvalue weighted by molar-refractivity contribution is 7.19. The van der Waals surface area contributed by atoms with E-state index in [1.807, 2.05) is 60.7 Å². The smallest absolute Gasteiger partial charge is 0.346 e. The molecule has 1 aromatic heterocycles. The maximum atomic E-state index is 11.0. The molecule has 0 radical (unpaired) electrons. The average Bonchev–Trinajstić information content (AvgIpc) is 3.29. The SMILES string of the molecule is N#C/C(=C/c1ccc(-c2ccc(N(c3ccccc3)c3ccccc3)s2)cc1)C(=O)O. The quantitative estimate of drug-likeness (QED) is 0.272. The van der Waals surface area contributed by atoms with E-state index in [0.717, 1.165) is 26.8 Å². The highest BCUT2D eigenvalue weighted by Crippen LogP contribution is 2.41. The Morgan fingerprint density at radius 2 is 1.42 bits per heavy atom. The molecule has 0 aliphatic rings. The molecule has 3 aromatic carbocycles. The van der Waals surface area contributed by atoms with Gasteiger partial charge in [-0.15, -0.1) is 11.3 Å². The molecule has 0 fully saturated rings. The minimum atomic E-state index is -1.23. The van der Waals surface area contributed by atoms with Crippen LogP contribution in [0.5, 0.6) is 0 Å². The van der Waals surface area contributed by atoms with Crippen LogP contribution in [0.25, 0.3) is 16.5 Å². The van der Waals surface area contributed by atoms with Crippen molar-refractivity contribution in [3.8, 4) is 16.5 Å². The molecular formula is C26H18N2O2S. The zero-order valence-electron chi connectivity index (χ0n) is 16.5. The summed E-state index contributed by atoms with van der Waals surface area (Å²) in [6.07, 6.45) is 1.37. The molecule has 1 heterocycles. The molecule has 0 saturated heterocycles. The highest BCUT2D eigenvalue weighted by atomic mass is 32.1. The third-order valence-corrected chi connectivity index (χ3v) is 5.82. The molecule has 0 spiro atoms. The van der Waals surface area contributed by atoms with E-state index in [-0.39, 0.29) is 5.57 Å². The van der Waals surface area contributed by atoms with Gasteiger partial charge in [0.25, 0.3) is 0 Å². The normalized spacial score (nSPS) is 11.0. The second-order valence-electron chi connectivity index (χ2n) is 6.74. The second kappa shape index (κ2) is 9.12. The maximum Gasteiger partial charge on any atom is 0.346 e. The number of benzene rings is 3. The monoisotopic (exact) mass is 422 g/mol. The molecule has 0 aliphatic carbocycles. The van der Waals surface area contributed by atoms with Gasteiger partial charge < -0.3 is 10.0 Å². The lowest BCUT2D eigenvalue weighted by Gasteiger charge is -2.23. The van der Waals surface area contributed by atoms with Crippen LogP contribution >= 0.6 is 11.3 Å². The Morgan fingerprint density at radius 1 is 0.839 bits per heavy atom. The topological polar surface area (TPSA) is 64.3 Å². The van der Waals surface area contributed by atoms with Gasteiger partial charge in [0.2, 0.25) is 0 Å². The van der Waals surface area contributed by atoms with Crippen molar-refractivity contribution in [2.45, 2.75) is 0 Å². The molecule has 0 unspecified atom stereocenters. The third kappa shape index (κ3) is 4.55. The fourth-order valence-corrected chi connectivity index (χ4v) is 4.27. The molecule has 0 saturated carbocycles. The second-order valence-corrected chi connectivity index (χ2v) is 7.80. The van der Waals surface area contributed by atoms with Crippen LogP contribution < -0.4 is 4.90 Å². The number of thiophene rings is 1. The molecule has 0 amide bonds. The van der Waals surface area contributed by atoms with Crippen molar-refractivity contribution in [2.24, 2.45) is 0 Å². The van der Waals surface area contributed by atoms with Gasteiger partial charge in [-0.05, 0) is 53.6 Å². The number of aliphatic carboxylic acids is 1. The summed E-state index contributed by atoms with van der Waals surface area (Å²) >= 11 is 1.68. The van der Waals surface area contributed by atoms with E-state index in [0.29, 0.717) is 5.56 Å². The number of nitrogens with zero attached hydrogens (tertiary/aromatic N) is 2. The van der Waals surface area contributed by atoms with Crippen molar-refractivity contribution in [1.82, 2.24) is 0 Å². The Kier molecular flexibility index (Phi) is 5.93. The van der Waals surface area contributed by atoms with Crippen LogP contribution in [-0.2, 0) is 4.79 Å². The lowest BCUT2D eigenvalue weighted by atomic mass is 10.1. The maximum absolute atomic E-state index is 11.0. The Bertz CT molecular complexity index is 1210. The summed E-state index contributed by atoms with van der Waals surface area (Å²) in [5.41, 5.74) is 3.59. The molecule has 4 rings (SSSR count). The first-order chi connectivity index (χ1) is 15.2. The molecule has 0 bridgehead atoms. The fourth-order valence-electron chi connectivity index (χ4n) is 3.21. The van der Waals surface area contributed by atoms with E-state index >= 15 is 0 Å². The van der Waals surface area contributed by atoms with E-state index < -0.39 is 5.97 Å². The summed E-state index contributed by atoms with van der Waals surface area (Å²) in [7, 11) is 0. The number of nitriles is 1. The molecule has 150 valence electrons. The van der Waals surface area contributed by atoms with Gasteiger partial charge in [0, 0.05) is 16.3 Å². The van der Waals surface area contributed by atoms with E-state index in [1.54, 1.807) is 17.4 Å². The number of hydrogen-bond donors (Lipinski definition) is 1. The molecule has 4 nitrogen and oxygen atoms in total. The third-order valence-electron chi connectivity index (χ3n) is 4.70. The van der Waals surface area contributed by atoms with E-state index in [4.69, 9.17) is 10.4 Å². The first-order valence-corrected chi connectivity index (χ1v) is 10.4. The van der Waals surface area contributed by atoms with Crippen LogP contribution in [0, 0.1) is 11.3 Å². The molecule has 1 N–H and O–H groups in total. The van der Waals surface area contributed by atoms with Crippen LogP contribution in [-0.4, -0.2) is 11.1 Å². The Labute approximate surface area is 184 Å². The van der Waals surface area contributed by atoms with Crippen LogP contribution in [0.4, 0.5) is 16.4 Å². The van der Waals surface area contributed by atoms with E-state index in [9.17, 15) is 4.79 Å². The fraction of sp³-hybridized carbons (Fsp3) is 0. The van der Waals surface area contributed by atoms with Gasteiger partial charge in [-0.2, -0.15) is 5.26 Å². The van der Waals surface area contributed by atoms with Gasteiger partial charge in [0.15, 0.2) is 0 Å².